The number of methoxy groups -OCH3 is 2. The fourth-order valence-corrected chi connectivity index (χ4v) is 3.12. The number of hydrogen-bond acceptors (Lipinski definition) is 4. The van der Waals surface area contributed by atoms with Crippen molar-refractivity contribution in [1.29, 1.82) is 0 Å². The molecule has 0 saturated heterocycles. The van der Waals surface area contributed by atoms with Gasteiger partial charge in [0.15, 0.2) is 0 Å². The van der Waals surface area contributed by atoms with Gasteiger partial charge in [-0.3, -0.25) is 4.79 Å². The maximum absolute atomic E-state index is 12.7. The lowest BCUT2D eigenvalue weighted by molar-refractivity contribution is -0.139. The first kappa shape index (κ1) is 18.5. The van der Waals surface area contributed by atoms with Gasteiger partial charge in [-0.2, -0.15) is 0 Å². The summed E-state index contributed by atoms with van der Waals surface area (Å²) < 4.78 is 12.5. The highest BCUT2D eigenvalue weighted by atomic mass is 16.5. The summed E-state index contributed by atoms with van der Waals surface area (Å²) in [7, 11) is 3.33. The van der Waals surface area contributed by atoms with E-state index in [2.05, 4.69) is 9.55 Å². The first-order valence-corrected chi connectivity index (χ1v) is 9.12. The molecule has 1 aromatic carbocycles. The number of hydrogen-bond donors (Lipinski definition) is 0. The molecule has 0 radical (unpaired) electrons. The van der Waals surface area contributed by atoms with Crippen molar-refractivity contribution in [2.75, 3.05) is 27.4 Å². The molecule has 2 aromatic rings. The second kappa shape index (κ2) is 8.85. The van der Waals surface area contributed by atoms with Gasteiger partial charge in [-0.15, -0.1) is 0 Å². The number of nitrogens with zero attached hydrogens (tertiary/aromatic N) is 3. The van der Waals surface area contributed by atoms with E-state index in [9.17, 15) is 4.79 Å². The molecule has 26 heavy (non-hydrogen) atoms. The Kier molecular flexibility index (Phi) is 6.28. The molecule has 1 aromatic heterocycles. The highest BCUT2D eigenvalue weighted by molar-refractivity contribution is 5.79. The Balaban J connectivity index is 1.69. The molecule has 6 nitrogen and oxygen atoms in total. The van der Waals surface area contributed by atoms with Crippen LogP contribution in [0.5, 0.6) is 5.75 Å². The normalized spacial score (nSPS) is 14.1. The van der Waals surface area contributed by atoms with Gasteiger partial charge >= 0.3 is 0 Å². The molecule has 140 valence electrons. The molecular weight excluding hydrogens is 330 g/mol. The first-order valence-electron chi connectivity index (χ1n) is 9.12. The van der Waals surface area contributed by atoms with Gasteiger partial charge in [-0.1, -0.05) is 18.6 Å². The SMILES string of the molecule is COCCN(Cc1nccn1Cc1ccc(OC)cc1)C(=O)C1CCC1. The van der Waals surface area contributed by atoms with Gasteiger partial charge in [-0.25, -0.2) is 4.98 Å². The molecule has 0 unspecified atom stereocenters. The van der Waals surface area contributed by atoms with Gasteiger partial charge in [0.1, 0.15) is 11.6 Å². The van der Waals surface area contributed by atoms with Crippen LogP contribution in [0.25, 0.3) is 0 Å². The number of amides is 1. The zero-order chi connectivity index (χ0) is 18.4. The number of carbonyl (C=O) groups is 1. The predicted molar refractivity (Wildman–Crippen MR) is 99.0 cm³/mol. The van der Waals surface area contributed by atoms with Gasteiger partial charge in [0.05, 0.1) is 20.3 Å². The third kappa shape index (κ3) is 4.43. The van der Waals surface area contributed by atoms with Crippen LogP contribution < -0.4 is 4.74 Å². The van der Waals surface area contributed by atoms with E-state index in [1.807, 2.05) is 35.4 Å². The highest BCUT2D eigenvalue weighted by Crippen LogP contribution is 2.28. The average Bonchev–Trinajstić information content (AvgIpc) is 3.04. The molecule has 1 saturated carbocycles. The number of carbonyl (C=O) groups excluding carboxylic acids is 1. The maximum atomic E-state index is 12.7. The average molecular weight is 357 g/mol. The number of aromatic nitrogens is 2. The molecule has 0 spiro atoms. The van der Waals surface area contributed by atoms with Crippen LogP contribution in [-0.2, 0) is 22.6 Å². The Morgan fingerprint density at radius 3 is 2.65 bits per heavy atom. The summed E-state index contributed by atoms with van der Waals surface area (Å²) in [4.78, 5) is 19.1. The van der Waals surface area contributed by atoms with Crippen molar-refractivity contribution in [3.05, 3.63) is 48.0 Å². The van der Waals surface area contributed by atoms with Crippen molar-refractivity contribution in [2.24, 2.45) is 5.92 Å². The van der Waals surface area contributed by atoms with E-state index in [0.29, 0.717) is 19.7 Å². The Bertz CT molecular complexity index is 707. The van der Waals surface area contributed by atoms with Gasteiger partial charge in [0.2, 0.25) is 5.91 Å². The Hall–Kier alpha value is -2.34. The maximum Gasteiger partial charge on any atom is 0.226 e. The molecule has 0 atom stereocenters. The second-order valence-electron chi connectivity index (χ2n) is 6.70. The fraction of sp³-hybridized carbons (Fsp3) is 0.500. The van der Waals surface area contributed by atoms with Crippen LogP contribution in [0.4, 0.5) is 0 Å². The lowest BCUT2D eigenvalue weighted by Gasteiger charge is -2.31. The van der Waals surface area contributed by atoms with Crippen LogP contribution in [-0.4, -0.2) is 47.7 Å². The number of benzene rings is 1. The highest BCUT2D eigenvalue weighted by Gasteiger charge is 2.29. The van der Waals surface area contributed by atoms with Crippen molar-refractivity contribution in [3.63, 3.8) is 0 Å². The zero-order valence-corrected chi connectivity index (χ0v) is 15.6. The summed E-state index contributed by atoms with van der Waals surface area (Å²) in [6.07, 6.45) is 6.91. The topological polar surface area (TPSA) is 56.6 Å². The van der Waals surface area contributed by atoms with E-state index >= 15 is 0 Å². The minimum Gasteiger partial charge on any atom is -0.497 e. The summed E-state index contributed by atoms with van der Waals surface area (Å²) in [5.41, 5.74) is 1.17. The van der Waals surface area contributed by atoms with Gasteiger partial charge in [-0.05, 0) is 30.5 Å². The van der Waals surface area contributed by atoms with Crippen molar-refractivity contribution in [2.45, 2.75) is 32.4 Å². The van der Waals surface area contributed by atoms with Crippen molar-refractivity contribution < 1.29 is 14.3 Å². The van der Waals surface area contributed by atoms with Crippen molar-refractivity contribution in [3.8, 4) is 5.75 Å². The molecule has 0 aliphatic heterocycles. The minimum absolute atomic E-state index is 0.178. The molecular formula is C20H27N3O3. The van der Waals surface area contributed by atoms with Crippen LogP contribution >= 0.6 is 0 Å². The third-order valence-corrected chi connectivity index (χ3v) is 4.98. The predicted octanol–water partition coefficient (Wildman–Crippen LogP) is 2.72. The smallest absolute Gasteiger partial charge is 0.226 e. The summed E-state index contributed by atoms with van der Waals surface area (Å²) in [5, 5.41) is 0. The molecule has 6 heteroatoms. The van der Waals surface area contributed by atoms with E-state index in [-0.39, 0.29) is 11.8 Å². The largest absolute Gasteiger partial charge is 0.497 e. The summed E-state index contributed by atoms with van der Waals surface area (Å²) >= 11 is 0. The second-order valence-corrected chi connectivity index (χ2v) is 6.70. The quantitative estimate of drug-likeness (QED) is 0.692. The number of rotatable bonds is 9. The van der Waals surface area contributed by atoms with E-state index in [4.69, 9.17) is 9.47 Å². The summed E-state index contributed by atoms with van der Waals surface area (Å²) in [5.74, 6) is 2.14. The van der Waals surface area contributed by atoms with Crippen LogP contribution in [0.3, 0.4) is 0 Å². The van der Waals surface area contributed by atoms with Gasteiger partial charge in [0, 0.05) is 38.5 Å². The van der Waals surface area contributed by atoms with E-state index in [1.54, 1.807) is 20.4 Å². The molecule has 1 aliphatic rings. The fourth-order valence-electron chi connectivity index (χ4n) is 3.12. The molecule has 3 rings (SSSR count). The number of imidazole rings is 1. The summed E-state index contributed by atoms with van der Waals surface area (Å²) in [6.45, 7) is 2.37. The molecule has 1 aliphatic carbocycles. The third-order valence-electron chi connectivity index (χ3n) is 4.98. The molecule has 1 heterocycles. The van der Waals surface area contributed by atoms with Gasteiger partial charge in [0.25, 0.3) is 0 Å². The standard InChI is InChI=1S/C20H27N3O3/c1-25-13-12-23(20(24)17-4-3-5-17)15-19-21-10-11-22(19)14-16-6-8-18(26-2)9-7-16/h6-11,17H,3-5,12-15H2,1-2H3. The van der Waals surface area contributed by atoms with Gasteiger partial charge < -0.3 is 18.9 Å². The van der Waals surface area contributed by atoms with Crippen LogP contribution in [0.1, 0.15) is 30.7 Å². The first-order chi connectivity index (χ1) is 12.7. The molecule has 0 bridgehead atoms. The monoisotopic (exact) mass is 357 g/mol. The zero-order valence-electron chi connectivity index (χ0n) is 15.6. The van der Waals surface area contributed by atoms with E-state index in [0.717, 1.165) is 37.4 Å². The molecule has 1 amide bonds. The van der Waals surface area contributed by atoms with E-state index < -0.39 is 0 Å². The number of ether oxygens (including phenoxy) is 2. The Morgan fingerprint density at radius 1 is 1.27 bits per heavy atom. The summed E-state index contributed by atoms with van der Waals surface area (Å²) in [6, 6.07) is 8.00. The van der Waals surface area contributed by atoms with E-state index in [1.165, 1.54) is 5.56 Å². The van der Waals surface area contributed by atoms with Crippen LogP contribution in [0, 0.1) is 5.92 Å². The van der Waals surface area contributed by atoms with Crippen molar-refractivity contribution >= 4 is 5.91 Å². The van der Waals surface area contributed by atoms with Crippen LogP contribution in [0.15, 0.2) is 36.7 Å². The molecule has 1 fully saturated rings. The molecule has 0 N–H and O–H groups in total. The van der Waals surface area contributed by atoms with Crippen molar-refractivity contribution in [1.82, 2.24) is 14.5 Å². The van der Waals surface area contributed by atoms with Crippen LogP contribution in [0.2, 0.25) is 0 Å². The Labute approximate surface area is 154 Å². The Morgan fingerprint density at radius 2 is 2.04 bits per heavy atom. The lowest BCUT2D eigenvalue weighted by atomic mass is 9.84. The lowest BCUT2D eigenvalue weighted by Crippen LogP contribution is -2.40. The minimum atomic E-state index is 0.178.